The first-order chi connectivity index (χ1) is 13.2. The molecule has 0 aromatic rings. The molecule has 1 rings (SSSR count). The molecule has 0 unspecified atom stereocenters. The molecule has 1 saturated heterocycles. The number of hydrogen-bond donors (Lipinski definition) is 0. The third-order valence-electron chi connectivity index (χ3n) is 4.99. The molecule has 4 nitrogen and oxygen atoms in total. The topological polar surface area (TPSA) is 44.8 Å². The van der Waals surface area contributed by atoms with Crippen LogP contribution in [0.2, 0.25) is 0 Å². The van der Waals surface area contributed by atoms with Crippen LogP contribution in [-0.4, -0.2) is 31.6 Å². The smallest absolute Gasteiger partial charge is 0.302 e. The van der Waals surface area contributed by atoms with Gasteiger partial charge in [-0.2, -0.15) is 0 Å². The number of unbranched alkanes of at least 4 members (excludes halogenated alkanes) is 11. The molecule has 0 N–H and O–H groups in total. The lowest BCUT2D eigenvalue weighted by molar-refractivity contribution is -0.145. The Kier molecular flexibility index (Phi) is 15.4. The highest BCUT2D eigenvalue weighted by Gasteiger charge is 2.26. The van der Waals surface area contributed by atoms with Crippen LogP contribution in [0.1, 0.15) is 104 Å². The molecule has 158 valence electrons. The molecule has 0 aromatic carbocycles. The maximum Gasteiger partial charge on any atom is 0.302 e. The predicted octanol–water partition coefficient (Wildman–Crippen LogP) is 6.33. The van der Waals surface area contributed by atoms with E-state index in [-0.39, 0.29) is 18.4 Å². The zero-order chi connectivity index (χ0) is 19.6. The van der Waals surface area contributed by atoms with Gasteiger partial charge >= 0.3 is 5.97 Å². The second-order valence-corrected chi connectivity index (χ2v) is 7.70. The molecule has 1 fully saturated rings. The molecule has 4 heteroatoms. The maximum atomic E-state index is 10.8. The van der Waals surface area contributed by atoms with Crippen molar-refractivity contribution in [2.45, 2.75) is 116 Å². The standard InChI is InChI=1S/C23H42O4/c1-3-4-5-6-7-8-9-10-11-12-13-14-15-16-17-18-23-26-20-22(27-23)19-25-21(2)24/h10-11,22-23H,3-9,12-20H2,1-2H3/b11-10+/t22-,23+/m0/s1. The molecular weight excluding hydrogens is 340 g/mol. The number of hydrogen-bond acceptors (Lipinski definition) is 4. The van der Waals surface area contributed by atoms with Crippen LogP contribution in [-0.2, 0) is 19.0 Å². The molecular formula is C23H42O4. The summed E-state index contributed by atoms with van der Waals surface area (Å²) in [5, 5.41) is 0. The van der Waals surface area contributed by atoms with E-state index in [1.165, 1.54) is 84.0 Å². The lowest BCUT2D eigenvalue weighted by Crippen LogP contribution is -2.20. The summed E-state index contributed by atoms with van der Waals surface area (Å²) in [6.07, 6.45) is 22.5. The Hall–Kier alpha value is -0.870. The van der Waals surface area contributed by atoms with Crippen LogP contribution in [0.5, 0.6) is 0 Å². The largest absolute Gasteiger partial charge is 0.463 e. The highest BCUT2D eigenvalue weighted by atomic mass is 16.7. The van der Waals surface area contributed by atoms with Gasteiger partial charge in [-0.25, -0.2) is 0 Å². The van der Waals surface area contributed by atoms with Gasteiger partial charge in [-0.05, 0) is 38.5 Å². The minimum atomic E-state index is -0.265. The highest BCUT2D eigenvalue weighted by molar-refractivity contribution is 5.65. The molecule has 2 atom stereocenters. The highest BCUT2D eigenvalue weighted by Crippen LogP contribution is 2.18. The molecule has 0 amide bonds. The monoisotopic (exact) mass is 382 g/mol. The van der Waals surface area contributed by atoms with Crippen molar-refractivity contribution in [3.8, 4) is 0 Å². The quantitative estimate of drug-likeness (QED) is 0.167. The van der Waals surface area contributed by atoms with Crippen LogP contribution in [0.15, 0.2) is 12.2 Å². The Morgan fingerprint density at radius 3 is 2.15 bits per heavy atom. The van der Waals surface area contributed by atoms with Crippen molar-refractivity contribution in [1.29, 1.82) is 0 Å². The van der Waals surface area contributed by atoms with Gasteiger partial charge in [0.15, 0.2) is 6.29 Å². The number of carbonyl (C=O) groups is 1. The van der Waals surface area contributed by atoms with Gasteiger partial charge in [-0.1, -0.05) is 70.4 Å². The first-order valence-corrected chi connectivity index (χ1v) is 11.3. The van der Waals surface area contributed by atoms with E-state index in [2.05, 4.69) is 19.1 Å². The van der Waals surface area contributed by atoms with Crippen molar-refractivity contribution in [2.24, 2.45) is 0 Å². The van der Waals surface area contributed by atoms with Crippen LogP contribution in [0.4, 0.5) is 0 Å². The Morgan fingerprint density at radius 1 is 0.926 bits per heavy atom. The van der Waals surface area contributed by atoms with Crippen molar-refractivity contribution in [2.75, 3.05) is 13.2 Å². The SMILES string of the molecule is CCCCCCCC/C=C/CCCCCCC[C@@H]1OC[C@H](COC(C)=O)O1. The summed E-state index contributed by atoms with van der Waals surface area (Å²) in [7, 11) is 0. The molecule has 1 aliphatic rings. The fourth-order valence-corrected chi connectivity index (χ4v) is 3.34. The van der Waals surface area contributed by atoms with Crippen LogP contribution < -0.4 is 0 Å². The summed E-state index contributed by atoms with van der Waals surface area (Å²) in [4.78, 5) is 10.8. The molecule has 0 spiro atoms. The van der Waals surface area contributed by atoms with E-state index < -0.39 is 0 Å². The minimum Gasteiger partial charge on any atom is -0.463 e. The minimum absolute atomic E-state index is 0.0953. The molecule has 0 aliphatic carbocycles. The Labute approximate surface area is 167 Å². The summed E-state index contributed by atoms with van der Waals surface area (Å²) in [5.41, 5.74) is 0. The lowest BCUT2D eigenvalue weighted by atomic mass is 10.1. The summed E-state index contributed by atoms with van der Waals surface area (Å²) in [6, 6.07) is 0. The third kappa shape index (κ3) is 14.8. The average Bonchev–Trinajstić information content (AvgIpc) is 3.11. The Morgan fingerprint density at radius 2 is 1.52 bits per heavy atom. The van der Waals surface area contributed by atoms with Crippen molar-refractivity contribution in [3.05, 3.63) is 12.2 Å². The summed E-state index contributed by atoms with van der Waals surface area (Å²) in [6.45, 7) is 4.52. The van der Waals surface area contributed by atoms with Crippen LogP contribution in [0.25, 0.3) is 0 Å². The van der Waals surface area contributed by atoms with E-state index in [1.807, 2.05) is 0 Å². The van der Waals surface area contributed by atoms with Crippen molar-refractivity contribution >= 4 is 5.97 Å². The average molecular weight is 383 g/mol. The van der Waals surface area contributed by atoms with Gasteiger partial charge in [0.2, 0.25) is 0 Å². The molecule has 0 aromatic heterocycles. The second kappa shape index (κ2) is 17.2. The molecule has 27 heavy (non-hydrogen) atoms. The van der Waals surface area contributed by atoms with Crippen molar-refractivity contribution in [1.82, 2.24) is 0 Å². The van der Waals surface area contributed by atoms with Crippen LogP contribution in [0, 0.1) is 0 Å². The summed E-state index contributed by atoms with van der Waals surface area (Å²) in [5.74, 6) is -0.265. The van der Waals surface area contributed by atoms with Crippen LogP contribution >= 0.6 is 0 Å². The van der Waals surface area contributed by atoms with E-state index in [4.69, 9.17) is 14.2 Å². The van der Waals surface area contributed by atoms with Crippen LogP contribution in [0.3, 0.4) is 0 Å². The van der Waals surface area contributed by atoms with Crippen molar-refractivity contribution < 1.29 is 19.0 Å². The first kappa shape index (κ1) is 24.2. The van der Waals surface area contributed by atoms with Gasteiger partial charge in [-0.3, -0.25) is 4.79 Å². The van der Waals surface area contributed by atoms with Gasteiger partial charge in [0, 0.05) is 6.92 Å². The van der Waals surface area contributed by atoms with Crippen molar-refractivity contribution in [3.63, 3.8) is 0 Å². The maximum absolute atomic E-state index is 10.8. The van der Waals surface area contributed by atoms with Gasteiger partial charge in [0.05, 0.1) is 6.61 Å². The number of rotatable bonds is 17. The third-order valence-corrected chi connectivity index (χ3v) is 4.99. The normalized spacial score (nSPS) is 19.8. The van der Waals surface area contributed by atoms with E-state index in [0.29, 0.717) is 13.2 Å². The van der Waals surface area contributed by atoms with Gasteiger partial charge in [0.25, 0.3) is 0 Å². The van der Waals surface area contributed by atoms with E-state index in [9.17, 15) is 4.79 Å². The zero-order valence-electron chi connectivity index (χ0n) is 17.8. The lowest BCUT2D eigenvalue weighted by Gasteiger charge is -2.11. The Balaban J connectivity index is 1.80. The molecule has 1 heterocycles. The van der Waals surface area contributed by atoms with E-state index >= 15 is 0 Å². The van der Waals surface area contributed by atoms with Gasteiger partial charge in [0.1, 0.15) is 12.7 Å². The van der Waals surface area contributed by atoms with Gasteiger partial charge < -0.3 is 14.2 Å². The first-order valence-electron chi connectivity index (χ1n) is 11.3. The fraction of sp³-hybridized carbons (Fsp3) is 0.870. The molecule has 0 bridgehead atoms. The predicted molar refractivity (Wildman–Crippen MR) is 111 cm³/mol. The fourth-order valence-electron chi connectivity index (χ4n) is 3.34. The summed E-state index contributed by atoms with van der Waals surface area (Å²) < 4.78 is 16.3. The number of carbonyl (C=O) groups excluding carboxylic acids is 1. The Bertz CT molecular complexity index is 381. The number of allylic oxidation sites excluding steroid dienone is 2. The van der Waals surface area contributed by atoms with Gasteiger partial charge in [-0.15, -0.1) is 0 Å². The molecule has 0 radical (unpaired) electrons. The second-order valence-electron chi connectivity index (χ2n) is 7.70. The summed E-state index contributed by atoms with van der Waals surface area (Å²) >= 11 is 0. The molecule has 1 aliphatic heterocycles. The van der Waals surface area contributed by atoms with E-state index in [0.717, 1.165) is 12.8 Å². The zero-order valence-corrected chi connectivity index (χ0v) is 17.8. The number of esters is 1. The molecule has 0 saturated carbocycles. The number of ether oxygens (including phenoxy) is 3. The van der Waals surface area contributed by atoms with E-state index in [1.54, 1.807) is 0 Å².